The van der Waals surface area contributed by atoms with E-state index >= 15 is 0 Å². The molecule has 3 rings (SSSR count). The Morgan fingerprint density at radius 2 is 2.18 bits per heavy atom. The van der Waals surface area contributed by atoms with E-state index in [-0.39, 0.29) is 11.5 Å². The van der Waals surface area contributed by atoms with Crippen molar-refractivity contribution in [3.63, 3.8) is 0 Å². The van der Waals surface area contributed by atoms with Crippen LogP contribution in [-0.2, 0) is 0 Å². The summed E-state index contributed by atoms with van der Waals surface area (Å²) < 4.78 is 1.78. The topological polar surface area (TPSA) is 79.2 Å². The Kier molecular flexibility index (Phi) is 3.46. The van der Waals surface area contributed by atoms with Gasteiger partial charge in [0.05, 0.1) is 6.34 Å². The second-order valence-corrected chi connectivity index (χ2v) is 5.22. The molecule has 22 heavy (non-hydrogen) atoms. The van der Waals surface area contributed by atoms with Gasteiger partial charge in [-0.2, -0.15) is 4.98 Å². The van der Waals surface area contributed by atoms with Crippen LogP contribution in [0.4, 0.5) is 5.95 Å². The average Bonchev–Trinajstić information content (AvgIpc) is 2.89. The fourth-order valence-electron chi connectivity index (χ4n) is 2.10. The first kappa shape index (κ1) is 14.0. The van der Waals surface area contributed by atoms with Gasteiger partial charge in [0.15, 0.2) is 11.2 Å². The first-order valence-corrected chi connectivity index (χ1v) is 6.79. The average molecular weight is 296 g/mol. The molecule has 0 atom stereocenters. The van der Waals surface area contributed by atoms with Crippen molar-refractivity contribution < 1.29 is 0 Å². The second kappa shape index (κ2) is 5.44. The lowest BCUT2D eigenvalue weighted by atomic mass is 10.2. The van der Waals surface area contributed by atoms with Crippen LogP contribution >= 0.6 is 0 Å². The van der Waals surface area contributed by atoms with E-state index in [1.807, 2.05) is 45.3 Å². The third kappa shape index (κ3) is 2.60. The molecule has 2 aromatic heterocycles. The number of fused-ring (bicyclic) bond motifs is 1. The molecule has 1 aromatic carbocycles. The molecule has 7 heteroatoms. The number of aromatic amines is 1. The summed E-state index contributed by atoms with van der Waals surface area (Å²) in [6.07, 6.45) is 3.18. The number of nitrogens with zero attached hydrogens (tertiary/aromatic N) is 5. The summed E-state index contributed by atoms with van der Waals surface area (Å²) >= 11 is 0. The zero-order chi connectivity index (χ0) is 15.7. The van der Waals surface area contributed by atoms with Gasteiger partial charge in [-0.15, -0.1) is 0 Å². The molecule has 0 aliphatic heterocycles. The largest absolute Gasteiger partial charge is 0.369 e. The SMILES string of the molecule is Cc1cccc(-n2cnc3c(=O)[nH]c(/N=C/N(C)C)nc32)c1. The molecule has 0 fully saturated rings. The molecule has 0 amide bonds. The number of H-pyrrole nitrogens is 1. The molecule has 7 nitrogen and oxygen atoms in total. The standard InChI is InChI=1S/C15H16N6O/c1-10-5-4-6-11(7-10)21-9-16-12-13(21)18-15(19-14(12)22)17-8-20(2)3/h4-9H,1-3H3,(H,18,19,22)/b17-8+. The summed E-state index contributed by atoms with van der Waals surface area (Å²) in [5.41, 5.74) is 2.51. The van der Waals surface area contributed by atoms with Crippen molar-refractivity contribution in [1.82, 2.24) is 24.4 Å². The van der Waals surface area contributed by atoms with Gasteiger partial charge in [0.25, 0.3) is 5.56 Å². The number of hydrogen-bond acceptors (Lipinski definition) is 4. The summed E-state index contributed by atoms with van der Waals surface area (Å²) in [7, 11) is 3.69. The Bertz CT molecular complexity index is 906. The van der Waals surface area contributed by atoms with Crippen LogP contribution in [0, 0.1) is 6.92 Å². The maximum atomic E-state index is 12.1. The minimum Gasteiger partial charge on any atom is -0.369 e. The molecule has 0 aliphatic carbocycles. The smallest absolute Gasteiger partial charge is 0.280 e. The number of aromatic nitrogens is 4. The van der Waals surface area contributed by atoms with Crippen LogP contribution < -0.4 is 5.56 Å². The summed E-state index contributed by atoms with van der Waals surface area (Å²) in [6.45, 7) is 2.01. The van der Waals surface area contributed by atoms with Crippen LogP contribution in [0.2, 0.25) is 0 Å². The van der Waals surface area contributed by atoms with Gasteiger partial charge in [0.2, 0.25) is 5.95 Å². The van der Waals surface area contributed by atoms with Crippen molar-refractivity contribution in [2.24, 2.45) is 4.99 Å². The molecule has 0 aliphatic rings. The molecule has 112 valence electrons. The highest BCUT2D eigenvalue weighted by molar-refractivity contribution is 5.73. The lowest BCUT2D eigenvalue weighted by molar-refractivity contribution is 0.642. The fourth-order valence-corrected chi connectivity index (χ4v) is 2.10. The Morgan fingerprint density at radius 3 is 2.91 bits per heavy atom. The number of hydrogen-bond donors (Lipinski definition) is 1. The van der Waals surface area contributed by atoms with Gasteiger partial charge in [-0.05, 0) is 24.6 Å². The first-order valence-electron chi connectivity index (χ1n) is 6.79. The van der Waals surface area contributed by atoms with Gasteiger partial charge in [0, 0.05) is 19.8 Å². The van der Waals surface area contributed by atoms with Gasteiger partial charge >= 0.3 is 0 Å². The number of aryl methyl sites for hydroxylation is 1. The minimum atomic E-state index is -0.303. The number of rotatable bonds is 3. The molecular formula is C15H16N6O. The van der Waals surface area contributed by atoms with E-state index in [4.69, 9.17) is 0 Å². The van der Waals surface area contributed by atoms with Gasteiger partial charge in [0.1, 0.15) is 6.33 Å². The van der Waals surface area contributed by atoms with E-state index in [0.29, 0.717) is 11.2 Å². The van der Waals surface area contributed by atoms with E-state index in [2.05, 4.69) is 19.9 Å². The van der Waals surface area contributed by atoms with Crippen molar-refractivity contribution in [3.05, 3.63) is 46.5 Å². The van der Waals surface area contributed by atoms with Crippen molar-refractivity contribution in [3.8, 4) is 5.69 Å². The van der Waals surface area contributed by atoms with Crippen molar-refractivity contribution in [2.75, 3.05) is 14.1 Å². The highest BCUT2D eigenvalue weighted by Crippen LogP contribution is 2.16. The summed E-state index contributed by atoms with van der Waals surface area (Å²) in [5, 5.41) is 0. The Labute approximate surface area is 127 Å². The Morgan fingerprint density at radius 1 is 1.36 bits per heavy atom. The molecule has 1 N–H and O–H groups in total. The summed E-state index contributed by atoms with van der Waals surface area (Å²) in [5.74, 6) is 0.251. The van der Waals surface area contributed by atoms with Gasteiger partial charge in [-0.25, -0.2) is 9.98 Å². The van der Waals surface area contributed by atoms with Crippen LogP contribution in [0.3, 0.4) is 0 Å². The molecule has 0 radical (unpaired) electrons. The lowest BCUT2D eigenvalue weighted by Gasteiger charge is -2.05. The normalized spacial score (nSPS) is 11.4. The minimum absolute atomic E-state index is 0.251. The van der Waals surface area contributed by atoms with E-state index < -0.39 is 0 Å². The van der Waals surface area contributed by atoms with Crippen LogP contribution in [0.1, 0.15) is 5.56 Å². The highest BCUT2D eigenvalue weighted by Gasteiger charge is 2.11. The number of nitrogens with one attached hydrogen (secondary N) is 1. The maximum absolute atomic E-state index is 12.1. The molecule has 0 saturated heterocycles. The van der Waals surface area contributed by atoms with Crippen molar-refractivity contribution in [2.45, 2.75) is 6.92 Å². The van der Waals surface area contributed by atoms with E-state index in [0.717, 1.165) is 11.3 Å². The monoisotopic (exact) mass is 296 g/mol. The zero-order valence-electron chi connectivity index (χ0n) is 12.6. The molecular weight excluding hydrogens is 280 g/mol. The quantitative estimate of drug-likeness (QED) is 0.588. The Balaban J connectivity index is 2.19. The van der Waals surface area contributed by atoms with Gasteiger partial charge in [-0.1, -0.05) is 12.1 Å². The van der Waals surface area contributed by atoms with Gasteiger partial charge in [-0.3, -0.25) is 14.3 Å². The molecule has 2 heterocycles. The molecule has 0 bridgehead atoms. The fraction of sp³-hybridized carbons (Fsp3) is 0.200. The third-order valence-corrected chi connectivity index (χ3v) is 3.09. The van der Waals surface area contributed by atoms with Crippen molar-refractivity contribution in [1.29, 1.82) is 0 Å². The third-order valence-electron chi connectivity index (χ3n) is 3.09. The highest BCUT2D eigenvalue weighted by atomic mass is 16.1. The summed E-state index contributed by atoms with van der Waals surface area (Å²) in [6, 6.07) is 7.91. The van der Waals surface area contributed by atoms with Crippen LogP contribution in [-0.4, -0.2) is 44.9 Å². The predicted molar refractivity (Wildman–Crippen MR) is 86.1 cm³/mol. The number of imidazole rings is 1. The van der Waals surface area contributed by atoms with Crippen LogP contribution in [0.15, 0.2) is 40.4 Å². The van der Waals surface area contributed by atoms with Crippen molar-refractivity contribution >= 4 is 23.5 Å². The van der Waals surface area contributed by atoms with Crippen LogP contribution in [0.25, 0.3) is 16.9 Å². The molecule has 0 spiro atoms. The molecule has 0 unspecified atom stereocenters. The number of aliphatic imine (C=N–C) groups is 1. The van der Waals surface area contributed by atoms with Crippen LogP contribution in [0.5, 0.6) is 0 Å². The number of benzene rings is 1. The zero-order valence-corrected chi connectivity index (χ0v) is 12.6. The summed E-state index contributed by atoms with van der Waals surface area (Å²) in [4.78, 5) is 29.2. The van der Waals surface area contributed by atoms with E-state index in [1.54, 1.807) is 22.1 Å². The molecule has 3 aromatic rings. The van der Waals surface area contributed by atoms with E-state index in [1.165, 1.54) is 0 Å². The van der Waals surface area contributed by atoms with E-state index in [9.17, 15) is 4.79 Å². The lowest BCUT2D eigenvalue weighted by Crippen LogP contribution is -2.10. The Hall–Kier alpha value is -2.96. The maximum Gasteiger partial charge on any atom is 0.280 e. The molecule has 0 saturated carbocycles. The van der Waals surface area contributed by atoms with Gasteiger partial charge < -0.3 is 4.90 Å². The second-order valence-electron chi connectivity index (χ2n) is 5.22. The predicted octanol–water partition coefficient (Wildman–Crippen LogP) is 1.64. The first-order chi connectivity index (χ1) is 10.5.